The van der Waals surface area contributed by atoms with Gasteiger partial charge in [0.2, 0.25) is 0 Å². The summed E-state index contributed by atoms with van der Waals surface area (Å²) in [6.07, 6.45) is 1.97. The molecule has 0 aromatic heterocycles. The summed E-state index contributed by atoms with van der Waals surface area (Å²) in [6, 6.07) is 11.5. The maximum Gasteiger partial charge on any atom is 0.336 e. The summed E-state index contributed by atoms with van der Waals surface area (Å²) in [6.45, 7) is 2.06. The molecule has 172 valence electrons. The third kappa shape index (κ3) is 4.49. The van der Waals surface area contributed by atoms with Gasteiger partial charge in [0.25, 0.3) is 0 Å². The van der Waals surface area contributed by atoms with E-state index in [0.717, 1.165) is 29.7 Å². The van der Waals surface area contributed by atoms with Crippen LogP contribution in [0, 0.1) is 5.82 Å². The van der Waals surface area contributed by atoms with Gasteiger partial charge in [-0.3, -0.25) is 4.79 Å². The van der Waals surface area contributed by atoms with E-state index in [4.69, 9.17) is 14.2 Å². The molecule has 33 heavy (non-hydrogen) atoms. The molecule has 0 amide bonds. The molecule has 1 aliphatic heterocycles. The van der Waals surface area contributed by atoms with Gasteiger partial charge < -0.3 is 19.5 Å². The molecule has 0 unspecified atom stereocenters. The van der Waals surface area contributed by atoms with Crippen LogP contribution in [0.25, 0.3) is 0 Å². The summed E-state index contributed by atoms with van der Waals surface area (Å²) < 4.78 is 29.7. The molecule has 2 aromatic rings. The first-order chi connectivity index (χ1) is 15.9. The van der Waals surface area contributed by atoms with Gasteiger partial charge in [-0.25, -0.2) is 9.18 Å². The van der Waals surface area contributed by atoms with Crippen LogP contribution >= 0.6 is 0 Å². The lowest BCUT2D eigenvalue weighted by Crippen LogP contribution is -2.34. The number of Topliss-reactive ketones (excluding diaryl/α,β-unsaturated/α-hetero) is 1. The molecule has 0 fully saturated rings. The Morgan fingerprint density at radius 2 is 1.85 bits per heavy atom. The molecule has 7 heteroatoms. The topological polar surface area (TPSA) is 73.9 Å². The maximum atomic E-state index is 13.1. The molecule has 2 aliphatic rings. The Balaban J connectivity index is 1.71. The van der Waals surface area contributed by atoms with Crippen molar-refractivity contribution in [1.82, 2.24) is 5.32 Å². The van der Waals surface area contributed by atoms with Crippen molar-refractivity contribution < 1.29 is 28.2 Å². The first-order valence-electron chi connectivity index (χ1n) is 10.8. The number of esters is 1. The number of benzene rings is 2. The predicted molar refractivity (Wildman–Crippen MR) is 120 cm³/mol. The smallest absolute Gasteiger partial charge is 0.336 e. The second-order valence-corrected chi connectivity index (χ2v) is 8.08. The minimum atomic E-state index is -0.554. The van der Waals surface area contributed by atoms with E-state index < -0.39 is 11.9 Å². The monoisotopic (exact) mass is 451 g/mol. The number of ether oxygens (including phenoxy) is 3. The zero-order valence-corrected chi connectivity index (χ0v) is 18.9. The number of ketones is 1. The molecule has 1 N–H and O–H groups in total. The van der Waals surface area contributed by atoms with E-state index in [9.17, 15) is 14.0 Å². The Labute approximate surface area is 192 Å². The van der Waals surface area contributed by atoms with Crippen LogP contribution in [-0.2, 0) is 20.9 Å². The van der Waals surface area contributed by atoms with Crippen molar-refractivity contribution in [1.29, 1.82) is 0 Å². The third-order valence-electron chi connectivity index (χ3n) is 6.01. The van der Waals surface area contributed by atoms with Crippen LogP contribution in [0.5, 0.6) is 11.5 Å². The first kappa shape index (κ1) is 22.6. The third-order valence-corrected chi connectivity index (χ3v) is 6.01. The van der Waals surface area contributed by atoms with Crippen LogP contribution in [0.2, 0.25) is 0 Å². The number of dihydropyridines is 1. The fourth-order valence-corrected chi connectivity index (χ4v) is 4.42. The van der Waals surface area contributed by atoms with Crippen LogP contribution in [0.1, 0.15) is 43.2 Å². The number of allylic oxidation sites excluding steroid dienone is 3. The van der Waals surface area contributed by atoms with Crippen molar-refractivity contribution >= 4 is 11.8 Å². The minimum Gasteiger partial charge on any atom is -0.493 e. The van der Waals surface area contributed by atoms with Crippen LogP contribution in [0.15, 0.2) is 65.0 Å². The Kier molecular flexibility index (Phi) is 6.49. The van der Waals surface area contributed by atoms with E-state index >= 15 is 0 Å². The number of nitrogens with one attached hydrogen (secondary N) is 1. The normalized spacial score (nSPS) is 17.9. The van der Waals surface area contributed by atoms with E-state index in [1.165, 1.54) is 26.4 Å². The Morgan fingerprint density at radius 3 is 2.55 bits per heavy atom. The van der Waals surface area contributed by atoms with Crippen molar-refractivity contribution in [2.45, 2.75) is 38.7 Å². The molecule has 0 saturated carbocycles. The molecule has 2 aromatic carbocycles. The maximum absolute atomic E-state index is 13.1. The molecular formula is C26H26FNO5. The van der Waals surface area contributed by atoms with Crippen LogP contribution < -0.4 is 14.8 Å². The van der Waals surface area contributed by atoms with Gasteiger partial charge in [-0.15, -0.1) is 0 Å². The number of carbonyl (C=O) groups is 2. The van der Waals surface area contributed by atoms with Gasteiger partial charge in [0.15, 0.2) is 17.3 Å². The SMILES string of the molecule is COC(=O)C1=C(C)NC2=C(C(=O)CCC2)[C@@H]1c1ccc(OCc2ccc(F)cc2)c(OC)c1. The van der Waals surface area contributed by atoms with Gasteiger partial charge >= 0.3 is 5.97 Å². The highest BCUT2D eigenvalue weighted by Gasteiger charge is 2.39. The van der Waals surface area contributed by atoms with Crippen molar-refractivity contribution in [2.75, 3.05) is 14.2 Å². The van der Waals surface area contributed by atoms with Gasteiger partial charge in [0.05, 0.1) is 19.8 Å². The Morgan fingerprint density at radius 1 is 1.09 bits per heavy atom. The molecule has 6 nitrogen and oxygen atoms in total. The van der Waals surface area contributed by atoms with E-state index in [1.54, 1.807) is 24.3 Å². The lowest BCUT2D eigenvalue weighted by molar-refractivity contribution is -0.136. The summed E-state index contributed by atoms with van der Waals surface area (Å²) in [5.41, 5.74) is 4.11. The number of hydrogen-bond donors (Lipinski definition) is 1. The van der Waals surface area contributed by atoms with Crippen LogP contribution in [0.4, 0.5) is 4.39 Å². The van der Waals surface area contributed by atoms with Crippen molar-refractivity contribution in [2.24, 2.45) is 0 Å². The van der Waals surface area contributed by atoms with Gasteiger partial charge in [-0.2, -0.15) is 0 Å². The van der Waals surface area contributed by atoms with Gasteiger partial charge in [-0.05, 0) is 55.2 Å². The Hall–Kier alpha value is -3.61. The zero-order valence-electron chi connectivity index (χ0n) is 18.9. The lowest BCUT2D eigenvalue weighted by Gasteiger charge is -2.34. The molecule has 0 radical (unpaired) electrons. The number of carbonyl (C=O) groups excluding carboxylic acids is 2. The highest BCUT2D eigenvalue weighted by Crippen LogP contribution is 2.44. The second-order valence-electron chi connectivity index (χ2n) is 8.08. The summed E-state index contributed by atoms with van der Waals surface area (Å²) >= 11 is 0. The molecule has 1 atom stereocenters. The van der Waals surface area contributed by atoms with Crippen LogP contribution in [-0.4, -0.2) is 26.0 Å². The van der Waals surface area contributed by atoms with E-state index in [-0.39, 0.29) is 18.2 Å². The summed E-state index contributed by atoms with van der Waals surface area (Å²) in [7, 11) is 2.87. The predicted octanol–water partition coefficient (Wildman–Crippen LogP) is 4.55. The fraction of sp³-hybridized carbons (Fsp3) is 0.308. The fourth-order valence-electron chi connectivity index (χ4n) is 4.42. The molecule has 1 aliphatic carbocycles. The zero-order chi connectivity index (χ0) is 23.5. The first-order valence-corrected chi connectivity index (χ1v) is 10.8. The lowest BCUT2D eigenvalue weighted by atomic mass is 9.75. The van der Waals surface area contributed by atoms with E-state index in [1.807, 2.05) is 13.0 Å². The van der Waals surface area contributed by atoms with Crippen molar-refractivity contribution in [3.63, 3.8) is 0 Å². The largest absolute Gasteiger partial charge is 0.493 e. The van der Waals surface area contributed by atoms with Gasteiger partial charge in [0, 0.05) is 29.3 Å². The molecule has 0 bridgehead atoms. The quantitative estimate of drug-likeness (QED) is 0.650. The molecule has 4 rings (SSSR count). The van der Waals surface area contributed by atoms with E-state index in [0.29, 0.717) is 34.8 Å². The second kappa shape index (κ2) is 9.48. The highest BCUT2D eigenvalue weighted by atomic mass is 19.1. The standard InChI is InChI=1S/C26H26FNO5/c1-15-23(26(30)32-3)24(25-19(28-15)5-4-6-20(25)29)17-9-12-21(22(13-17)31-2)33-14-16-7-10-18(27)11-8-16/h7-13,24,28H,4-6,14H2,1-3H3/t24-/m1/s1. The molecule has 1 heterocycles. The average Bonchev–Trinajstić information content (AvgIpc) is 2.82. The molecular weight excluding hydrogens is 425 g/mol. The minimum absolute atomic E-state index is 0.0262. The molecule has 0 spiro atoms. The highest BCUT2D eigenvalue weighted by molar-refractivity contribution is 6.03. The number of methoxy groups -OCH3 is 2. The van der Waals surface area contributed by atoms with Crippen molar-refractivity contribution in [3.8, 4) is 11.5 Å². The molecule has 0 saturated heterocycles. The summed E-state index contributed by atoms with van der Waals surface area (Å²) in [5.74, 6) is -0.340. The van der Waals surface area contributed by atoms with Gasteiger partial charge in [-0.1, -0.05) is 18.2 Å². The van der Waals surface area contributed by atoms with Crippen LogP contribution in [0.3, 0.4) is 0 Å². The summed E-state index contributed by atoms with van der Waals surface area (Å²) in [4.78, 5) is 25.6. The van der Waals surface area contributed by atoms with Crippen molar-refractivity contribution in [3.05, 3.63) is 81.9 Å². The number of halogens is 1. The summed E-state index contributed by atoms with van der Waals surface area (Å²) in [5, 5.41) is 3.25. The number of rotatable bonds is 6. The van der Waals surface area contributed by atoms with E-state index in [2.05, 4.69) is 5.32 Å². The Bertz CT molecular complexity index is 1150. The number of hydrogen-bond acceptors (Lipinski definition) is 6. The average molecular weight is 451 g/mol. The van der Waals surface area contributed by atoms with Gasteiger partial charge in [0.1, 0.15) is 12.4 Å².